The Labute approximate surface area is 123 Å². The minimum Gasteiger partial charge on any atom is -0.394 e. The van der Waals surface area contributed by atoms with Crippen molar-refractivity contribution in [3.8, 4) is 0 Å². The van der Waals surface area contributed by atoms with Gasteiger partial charge in [-0.25, -0.2) is 4.39 Å². The first-order chi connectivity index (χ1) is 9.88. The Morgan fingerprint density at radius 2 is 2.14 bits per heavy atom. The van der Waals surface area contributed by atoms with E-state index in [1.165, 1.54) is 24.3 Å². The third-order valence-corrected chi connectivity index (χ3v) is 3.25. The highest BCUT2D eigenvalue weighted by molar-refractivity contribution is 5.92. The number of nitrogens with one attached hydrogen (secondary N) is 1. The number of ether oxygens (including phenoxy) is 1. The van der Waals surface area contributed by atoms with Gasteiger partial charge in [-0.2, -0.15) is 0 Å². The number of aliphatic hydroxyl groups excluding tert-OH is 1. The van der Waals surface area contributed by atoms with Crippen molar-refractivity contribution in [3.05, 3.63) is 30.1 Å². The molecular formula is C15H21FN2O3. The van der Waals surface area contributed by atoms with Crippen LogP contribution in [0.15, 0.2) is 24.3 Å². The molecule has 21 heavy (non-hydrogen) atoms. The first-order valence-corrected chi connectivity index (χ1v) is 6.94. The van der Waals surface area contributed by atoms with Crippen LogP contribution in [0, 0.1) is 5.82 Å². The predicted molar refractivity (Wildman–Crippen MR) is 77.5 cm³/mol. The summed E-state index contributed by atoms with van der Waals surface area (Å²) in [6.45, 7) is 5.12. The normalized spacial score (nSPS) is 22.0. The van der Waals surface area contributed by atoms with Crippen LogP contribution in [-0.4, -0.2) is 53.9 Å². The molecule has 1 atom stereocenters. The molecule has 0 aromatic heterocycles. The van der Waals surface area contributed by atoms with Crippen LogP contribution in [0.25, 0.3) is 0 Å². The average Bonchev–Trinajstić information content (AvgIpc) is 2.39. The first-order valence-electron chi connectivity index (χ1n) is 6.94. The van der Waals surface area contributed by atoms with Crippen molar-refractivity contribution in [1.29, 1.82) is 0 Å². The molecule has 2 rings (SSSR count). The summed E-state index contributed by atoms with van der Waals surface area (Å²) >= 11 is 0. The molecule has 1 aliphatic rings. The molecule has 1 heterocycles. The maximum absolute atomic E-state index is 12.8. The maximum atomic E-state index is 12.8. The van der Waals surface area contributed by atoms with Crippen LogP contribution in [-0.2, 0) is 9.53 Å². The van der Waals surface area contributed by atoms with Gasteiger partial charge in [0.05, 0.1) is 24.9 Å². The molecule has 0 aliphatic carbocycles. The molecule has 6 heteroatoms. The monoisotopic (exact) mass is 296 g/mol. The summed E-state index contributed by atoms with van der Waals surface area (Å²) < 4.78 is 18.5. The quantitative estimate of drug-likeness (QED) is 0.877. The van der Waals surface area contributed by atoms with E-state index in [9.17, 15) is 14.3 Å². The topological polar surface area (TPSA) is 61.8 Å². The van der Waals surface area contributed by atoms with Crippen molar-refractivity contribution >= 4 is 11.6 Å². The number of rotatable bonds is 4. The van der Waals surface area contributed by atoms with Crippen LogP contribution >= 0.6 is 0 Å². The lowest BCUT2D eigenvalue weighted by Crippen LogP contribution is -2.55. The van der Waals surface area contributed by atoms with Gasteiger partial charge in [0, 0.05) is 18.8 Å². The Morgan fingerprint density at radius 3 is 2.76 bits per heavy atom. The standard InChI is InChI=1S/C15H21FN2O3/c1-15(2)10-18(7-13(9-19)21-15)8-14(20)17-12-5-3-11(16)4-6-12/h3-6,13,19H,7-10H2,1-2H3,(H,17,20). The van der Waals surface area contributed by atoms with Gasteiger partial charge in [-0.05, 0) is 38.1 Å². The van der Waals surface area contributed by atoms with Crippen molar-refractivity contribution in [2.45, 2.75) is 25.6 Å². The zero-order chi connectivity index (χ0) is 15.5. The van der Waals surface area contributed by atoms with Crippen LogP contribution in [0.1, 0.15) is 13.8 Å². The average molecular weight is 296 g/mol. The van der Waals surface area contributed by atoms with Crippen molar-refractivity contribution in [2.24, 2.45) is 0 Å². The molecule has 1 unspecified atom stereocenters. The van der Waals surface area contributed by atoms with Crippen LogP contribution < -0.4 is 5.32 Å². The second kappa shape index (κ2) is 6.51. The lowest BCUT2D eigenvalue weighted by atomic mass is 10.1. The summed E-state index contributed by atoms with van der Waals surface area (Å²) in [5, 5.41) is 12.0. The van der Waals surface area contributed by atoms with Crippen LogP contribution in [0.2, 0.25) is 0 Å². The zero-order valence-corrected chi connectivity index (χ0v) is 12.3. The molecule has 1 aromatic carbocycles. The summed E-state index contributed by atoms with van der Waals surface area (Å²) in [6.07, 6.45) is -0.285. The lowest BCUT2D eigenvalue weighted by molar-refractivity contribution is -0.151. The van der Waals surface area contributed by atoms with Gasteiger partial charge in [0.15, 0.2) is 0 Å². The van der Waals surface area contributed by atoms with E-state index in [4.69, 9.17) is 4.74 Å². The molecule has 2 N–H and O–H groups in total. The Kier molecular flexibility index (Phi) is 4.92. The van der Waals surface area contributed by atoms with Crippen molar-refractivity contribution < 1.29 is 19.0 Å². The van der Waals surface area contributed by atoms with Crippen LogP contribution in [0.5, 0.6) is 0 Å². The van der Waals surface area contributed by atoms with E-state index < -0.39 is 5.60 Å². The van der Waals surface area contributed by atoms with E-state index in [-0.39, 0.29) is 31.0 Å². The third kappa shape index (κ3) is 4.77. The SMILES string of the molecule is CC1(C)CN(CC(=O)Nc2ccc(F)cc2)CC(CO)O1. The summed E-state index contributed by atoms with van der Waals surface area (Å²) in [5.41, 5.74) is 0.162. The minimum atomic E-state index is -0.401. The van der Waals surface area contributed by atoms with Gasteiger partial charge in [0.1, 0.15) is 5.82 Å². The minimum absolute atomic E-state index is 0.0699. The molecule has 5 nitrogen and oxygen atoms in total. The molecular weight excluding hydrogens is 275 g/mol. The van der Waals surface area contributed by atoms with Gasteiger partial charge in [-0.3, -0.25) is 9.69 Å². The van der Waals surface area contributed by atoms with E-state index in [2.05, 4.69) is 5.32 Å². The van der Waals surface area contributed by atoms with Crippen molar-refractivity contribution in [2.75, 3.05) is 31.6 Å². The molecule has 1 amide bonds. The Morgan fingerprint density at radius 1 is 1.48 bits per heavy atom. The van der Waals surface area contributed by atoms with Gasteiger partial charge in [-0.1, -0.05) is 0 Å². The second-order valence-corrected chi connectivity index (χ2v) is 5.91. The van der Waals surface area contributed by atoms with Gasteiger partial charge in [0.25, 0.3) is 0 Å². The summed E-state index contributed by atoms with van der Waals surface area (Å²) in [6, 6.07) is 5.64. The molecule has 0 spiro atoms. The van der Waals surface area contributed by atoms with E-state index in [0.29, 0.717) is 18.8 Å². The predicted octanol–water partition coefficient (Wildman–Crippen LogP) is 1.24. The smallest absolute Gasteiger partial charge is 0.238 e. The molecule has 1 saturated heterocycles. The Balaban J connectivity index is 1.91. The number of hydrogen-bond donors (Lipinski definition) is 2. The number of carbonyl (C=O) groups excluding carboxylic acids is 1. The number of morpholine rings is 1. The number of carbonyl (C=O) groups is 1. The van der Waals surface area contributed by atoms with Gasteiger partial charge in [-0.15, -0.1) is 0 Å². The van der Waals surface area contributed by atoms with Crippen molar-refractivity contribution in [3.63, 3.8) is 0 Å². The zero-order valence-electron chi connectivity index (χ0n) is 12.3. The van der Waals surface area contributed by atoms with E-state index in [0.717, 1.165) is 0 Å². The summed E-state index contributed by atoms with van der Waals surface area (Å²) in [7, 11) is 0. The molecule has 1 fully saturated rings. The highest BCUT2D eigenvalue weighted by Crippen LogP contribution is 2.20. The van der Waals surface area contributed by atoms with E-state index in [1.807, 2.05) is 18.7 Å². The Hall–Kier alpha value is -1.50. The number of amides is 1. The largest absolute Gasteiger partial charge is 0.394 e. The number of aliphatic hydroxyl groups is 1. The molecule has 0 bridgehead atoms. The number of nitrogens with zero attached hydrogens (tertiary/aromatic N) is 1. The highest BCUT2D eigenvalue weighted by Gasteiger charge is 2.33. The summed E-state index contributed by atoms with van der Waals surface area (Å²) in [4.78, 5) is 14.0. The fourth-order valence-electron chi connectivity index (χ4n) is 2.57. The van der Waals surface area contributed by atoms with Crippen molar-refractivity contribution in [1.82, 2.24) is 4.90 Å². The van der Waals surface area contributed by atoms with Gasteiger partial charge >= 0.3 is 0 Å². The molecule has 1 aliphatic heterocycles. The first kappa shape index (κ1) is 15.9. The number of hydrogen-bond acceptors (Lipinski definition) is 4. The molecule has 116 valence electrons. The number of benzene rings is 1. The van der Waals surface area contributed by atoms with Crippen LogP contribution in [0.3, 0.4) is 0 Å². The number of halogens is 1. The number of anilines is 1. The van der Waals surface area contributed by atoms with E-state index in [1.54, 1.807) is 0 Å². The lowest BCUT2D eigenvalue weighted by Gasteiger charge is -2.41. The molecule has 0 saturated carbocycles. The van der Waals surface area contributed by atoms with Crippen LogP contribution in [0.4, 0.5) is 10.1 Å². The fourth-order valence-corrected chi connectivity index (χ4v) is 2.57. The third-order valence-electron chi connectivity index (χ3n) is 3.25. The Bertz CT molecular complexity index is 490. The van der Waals surface area contributed by atoms with Gasteiger partial charge in [0.2, 0.25) is 5.91 Å². The molecule has 1 aromatic rings. The fraction of sp³-hybridized carbons (Fsp3) is 0.533. The molecule has 0 radical (unpaired) electrons. The summed E-state index contributed by atoms with van der Waals surface area (Å²) in [5.74, 6) is -0.510. The second-order valence-electron chi connectivity index (χ2n) is 5.91. The highest BCUT2D eigenvalue weighted by atomic mass is 19.1. The maximum Gasteiger partial charge on any atom is 0.238 e. The van der Waals surface area contributed by atoms with E-state index >= 15 is 0 Å². The van der Waals surface area contributed by atoms with Gasteiger partial charge < -0.3 is 15.2 Å².